The Balaban J connectivity index is 1.51. The fourth-order valence-corrected chi connectivity index (χ4v) is 3.54. The Bertz CT molecular complexity index is 1150. The summed E-state index contributed by atoms with van der Waals surface area (Å²) in [6.07, 6.45) is 0. The third-order valence-electron chi connectivity index (χ3n) is 4.53. The predicted molar refractivity (Wildman–Crippen MR) is 109 cm³/mol. The van der Waals surface area contributed by atoms with Crippen LogP contribution in [0, 0.1) is 13.8 Å². The Morgan fingerprint density at radius 3 is 2.74 bits per heavy atom. The Kier molecular flexibility index (Phi) is 4.53. The fourth-order valence-electron chi connectivity index (χ4n) is 2.83. The topological polar surface area (TPSA) is 83.6 Å². The summed E-state index contributed by atoms with van der Waals surface area (Å²) in [7, 11) is 0. The van der Waals surface area contributed by atoms with Crippen LogP contribution in [0.15, 0.2) is 47.6 Å². The number of aryl methyl sites for hydroxylation is 2. The monoisotopic (exact) mass is 377 g/mol. The van der Waals surface area contributed by atoms with Crippen molar-refractivity contribution in [2.45, 2.75) is 31.2 Å². The molecular formula is C20H19N5OS. The van der Waals surface area contributed by atoms with Crippen LogP contribution in [-0.4, -0.2) is 31.3 Å². The minimum atomic E-state index is -0.352. The Labute approximate surface area is 160 Å². The number of aromatic amines is 1. The zero-order chi connectivity index (χ0) is 19.0. The van der Waals surface area contributed by atoms with Gasteiger partial charge in [-0.15, -0.1) is 10.2 Å². The van der Waals surface area contributed by atoms with Crippen LogP contribution in [-0.2, 0) is 4.79 Å². The van der Waals surface area contributed by atoms with Crippen molar-refractivity contribution in [3.05, 3.63) is 53.6 Å². The van der Waals surface area contributed by atoms with Crippen molar-refractivity contribution in [1.82, 2.24) is 20.2 Å². The van der Waals surface area contributed by atoms with Gasteiger partial charge in [0, 0.05) is 16.6 Å². The molecule has 0 aliphatic rings. The number of nitrogens with one attached hydrogen (secondary N) is 2. The first-order chi connectivity index (χ1) is 13.0. The second-order valence-corrected chi connectivity index (χ2v) is 7.82. The Hall–Kier alpha value is -2.93. The SMILES string of the molecule is Cc1ccc(NC(=O)[C@H](C)Sc2nnc3c(n2)[nH]c2ccccc23)cc1C. The molecule has 2 N–H and O–H groups in total. The normalized spacial score (nSPS) is 12.4. The summed E-state index contributed by atoms with van der Waals surface area (Å²) in [4.78, 5) is 20.3. The average molecular weight is 377 g/mol. The van der Waals surface area contributed by atoms with Crippen molar-refractivity contribution in [2.75, 3.05) is 5.32 Å². The van der Waals surface area contributed by atoms with Crippen LogP contribution in [0.5, 0.6) is 0 Å². The number of benzene rings is 2. The maximum atomic E-state index is 12.5. The van der Waals surface area contributed by atoms with Crippen LogP contribution < -0.4 is 5.32 Å². The molecule has 0 fully saturated rings. The molecule has 1 atom stereocenters. The van der Waals surface area contributed by atoms with Gasteiger partial charge in [0.1, 0.15) is 5.52 Å². The lowest BCUT2D eigenvalue weighted by Crippen LogP contribution is -2.22. The number of hydrogen-bond donors (Lipinski definition) is 2. The van der Waals surface area contributed by atoms with Crippen molar-refractivity contribution in [2.24, 2.45) is 0 Å². The standard InChI is InChI=1S/C20H19N5OS/c1-11-8-9-14(10-12(11)2)21-19(26)13(3)27-20-23-18-17(24-25-20)15-6-4-5-7-16(15)22-18/h4-10,13H,1-3H3,(H,21,26)(H,22,23,25)/t13-/m0/s1. The maximum Gasteiger partial charge on any atom is 0.237 e. The van der Waals surface area contributed by atoms with Gasteiger partial charge in [0.2, 0.25) is 11.1 Å². The summed E-state index contributed by atoms with van der Waals surface area (Å²) < 4.78 is 0. The first-order valence-corrected chi connectivity index (χ1v) is 9.55. The number of para-hydroxylation sites is 1. The largest absolute Gasteiger partial charge is 0.338 e. The van der Waals surface area contributed by atoms with Gasteiger partial charge in [-0.3, -0.25) is 4.79 Å². The van der Waals surface area contributed by atoms with Gasteiger partial charge in [-0.25, -0.2) is 4.98 Å². The molecular weight excluding hydrogens is 358 g/mol. The lowest BCUT2D eigenvalue weighted by molar-refractivity contribution is -0.115. The Morgan fingerprint density at radius 2 is 1.93 bits per heavy atom. The summed E-state index contributed by atoms with van der Waals surface area (Å²) in [6.45, 7) is 5.90. The zero-order valence-corrected chi connectivity index (χ0v) is 16.1. The lowest BCUT2D eigenvalue weighted by Gasteiger charge is -2.12. The van der Waals surface area contributed by atoms with E-state index < -0.39 is 0 Å². The number of H-pyrrole nitrogens is 1. The van der Waals surface area contributed by atoms with E-state index in [0.717, 1.165) is 27.7 Å². The van der Waals surface area contributed by atoms with Gasteiger partial charge >= 0.3 is 0 Å². The molecule has 2 aromatic carbocycles. The number of rotatable bonds is 4. The molecule has 2 heterocycles. The third kappa shape index (κ3) is 3.50. The van der Waals surface area contributed by atoms with Crippen LogP contribution in [0.2, 0.25) is 0 Å². The number of fused-ring (bicyclic) bond motifs is 3. The highest BCUT2D eigenvalue weighted by molar-refractivity contribution is 8.00. The van der Waals surface area contributed by atoms with Gasteiger partial charge < -0.3 is 10.3 Å². The Morgan fingerprint density at radius 1 is 1.11 bits per heavy atom. The number of carbonyl (C=O) groups is 1. The summed E-state index contributed by atoms with van der Waals surface area (Å²) in [5, 5.41) is 12.5. The number of amides is 1. The third-order valence-corrected chi connectivity index (χ3v) is 5.48. The van der Waals surface area contributed by atoms with Crippen molar-refractivity contribution < 1.29 is 4.79 Å². The van der Waals surface area contributed by atoms with Crippen LogP contribution in [0.1, 0.15) is 18.1 Å². The molecule has 2 aromatic heterocycles. The van der Waals surface area contributed by atoms with E-state index in [9.17, 15) is 4.79 Å². The molecule has 0 radical (unpaired) electrons. The first-order valence-electron chi connectivity index (χ1n) is 8.67. The van der Waals surface area contributed by atoms with Gasteiger partial charge in [0.15, 0.2) is 5.65 Å². The quantitative estimate of drug-likeness (QED) is 0.520. The number of nitrogens with zero attached hydrogens (tertiary/aromatic N) is 3. The van der Waals surface area contributed by atoms with E-state index in [1.165, 1.54) is 17.3 Å². The molecule has 0 aliphatic carbocycles. The molecule has 0 aliphatic heterocycles. The highest BCUT2D eigenvalue weighted by Gasteiger charge is 2.18. The van der Waals surface area contributed by atoms with Gasteiger partial charge in [0.05, 0.1) is 5.25 Å². The van der Waals surface area contributed by atoms with E-state index in [4.69, 9.17) is 0 Å². The molecule has 0 bridgehead atoms. The number of hydrogen-bond acceptors (Lipinski definition) is 5. The molecule has 4 rings (SSSR count). The molecule has 4 aromatic rings. The van der Waals surface area contributed by atoms with Crippen LogP contribution >= 0.6 is 11.8 Å². The summed E-state index contributed by atoms with van der Waals surface area (Å²) in [6, 6.07) is 13.8. The van der Waals surface area contributed by atoms with E-state index in [2.05, 4.69) is 25.5 Å². The lowest BCUT2D eigenvalue weighted by atomic mass is 10.1. The van der Waals surface area contributed by atoms with E-state index in [0.29, 0.717) is 10.8 Å². The second-order valence-electron chi connectivity index (χ2n) is 6.51. The highest BCUT2D eigenvalue weighted by atomic mass is 32.2. The molecule has 1 amide bonds. The average Bonchev–Trinajstić information content (AvgIpc) is 3.02. The van der Waals surface area contributed by atoms with Gasteiger partial charge in [-0.1, -0.05) is 36.0 Å². The second kappa shape index (κ2) is 7.00. The van der Waals surface area contributed by atoms with Crippen molar-refractivity contribution in [3.63, 3.8) is 0 Å². The summed E-state index contributed by atoms with van der Waals surface area (Å²) in [5.41, 5.74) is 5.52. The number of anilines is 1. The van der Waals surface area contributed by atoms with E-state index >= 15 is 0 Å². The fraction of sp³-hybridized carbons (Fsp3) is 0.200. The van der Waals surface area contributed by atoms with Gasteiger partial charge in [-0.2, -0.15) is 0 Å². The van der Waals surface area contributed by atoms with Crippen LogP contribution in [0.3, 0.4) is 0 Å². The summed E-state index contributed by atoms with van der Waals surface area (Å²) in [5.74, 6) is -0.0939. The summed E-state index contributed by atoms with van der Waals surface area (Å²) >= 11 is 1.29. The first kappa shape index (κ1) is 17.5. The van der Waals surface area contributed by atoms with E-state index in [-0.39, 0.29) is 11.2 Å². The molecule has 0 spiro atoms. The number of thioether (sulfide) groups is 1. The van der Waals surface area contributed by atoms with Crippen LogP contribution in [0.4, 0.5) is 5.69 Å². The number of aromatic nitrogens is 4. The highest BCUT2D eigenvalue weighted by Crippen LogP contribution is 2.25. The van der Waals surface area contributed by atoms with Gasteiger partial charge in [0.25, 0.3) is 0 Å². The van der Waals surface area contributed by atoms with E-state index in [1.807, 2.05) is 63.2 Å². The minimum absolute atomic E-state index is 0.0939. The van der Waals surface area contributed by atoms with Crippen molar-refractivity contribution in [1.29, 1.82) is 0 Å². The van der Waals surface area contributed by atoms with Crippen molar-refractivity contribution in [3.8, 4) is 0 Å². The predicted octanol–water partition coefficient (Wildman–Crippen LogP) is 4.24. The minimum Gasteiger partial charge on any atom is -0.338 e. The number of carbonyl (C=O) groups excluding carboxylic acids is 1. The maximum absolute atomic E-state index is 12.5. The smallest absolute Gasteiger partial charge is 0.237 e. The van der Waals surface area contributed by atoms with Crippen molar-refractivity contribution >= 4 is 45.4 Å². The molecule has 0 unspecified atom stereocenters. The molecule has 27 heavy (non-hydrogen) atoms. The molecule has 6 nitrogen and oxygen atoms in total. The van der Waals surface area contributed by atoms with E-state index in [1.54, 1.807) is 0 Å². The molecule has 0 saturated carbocycles. The zero-order valence-electron chi connectivity index (χ0n) is 15.3. The molecule has 0 saturated heterocycles. The molecule has 7 heteroatoms. The van der Waals surface area contributed by atoms with Gasteiger partial charge in [-0.05, 0) is 50.1 Å². The molecule has 136 valence electrons. The van der Waals surface area contributed by atoms with Crippen LogP contribution in [0.25, 0.3) is 22.1 Å².